The van der Waals surface area contributed by atoms with Crippen molar-refractivity contribution in [2.24, 2.45) is 0 Å². The average Bonchev–Trinajstić information content (AvgIpc) is 2.95. The topological polar surface area (TPSA) is 54.3 Å². The van der Waals surface area contributed by atoms with Gasteiger partial charge in [0.15, 0.2) is 5.11 Å². The number of aryl methyl sites for hydroxylation is 1. The second kappa shape index (κ2) is 7.91. The summed E-state index contributed by atoms with van der Waals surface area (Å²) in [5.41, 5.74) is 1.72. The molecule has 9 heteroatoms. The van der Waals surface area contributed by atoms with Gasteiger partial charge in [0.1, 0.15) is 5.57 Å². The summed E-state index contributed by atoms with van der Waals surface area (Å²) in [4.78, 5) is 26.2. The first-order chi connectivity index (χ1) is 14.0. The van der Waals surface area contributed by atoms with Crippen LogP contribution in [0.3, 0.4) is 0 Å². The maximum Gasteiger partial charge on any atom is 0.416 e. The van der Waals surface area contributed by atoms with Gasteiger partial charge in [-0.3, -0.25) is 19.8 Å². The zero-order chi connectivity index (χ0) is 22.2. The van der Waals surface area contributed by atoms with E-state index in [2.05, 4.69) is 11.9 Å². The molecular formula is C21H18F3N3O2S. The zero-order valence-corrected chi connectivity index (χ0v) is 17.0. The van der Waals surface area contributed by atoms with Crippen molar-refractivity contribution in [1.82, 2.24) is 14.8 Å². The quantitative estimate of drug-likeness (QED) is 0.344. The van der Waals surface area contributed by atoms with Gasteiger partial charge in [0, 0.05) is 23.6 Å². The molecule has 1 aliphatic heterocycles. The molecule has 156 valence electrons. The summed E-state index contributed by atoms with van der Waals surface area (Å²) in [6.07, 6.45) is -1.46. The maximum atomic E-state index is 12.8. The Hall–Kier alpha value is -3.20. The van der Waals surface area contributed by atoms with Gasteiger partial charge in [-0.15, -0.1) is 6.58 Å². The number of rotatable bonds is 4. The van der Waals surface area contributed by atoms with E-state index in [4.69, 9.17) is 12.2 Å². The fourth-order valence-corrected chi connectivity index (χ4v) is 3.53. The van der Waals surface area contributed by atoms with Gasteiger partial charge in [-0.1, -0.05) is 6.08 Å². The molecule has 2 heterocycles. The molecule has 1 aliphatic rings. The lowest BCUT2D eigenvalue weighted by Crippen LogP contribution is -2.53. The van der Waals surface area contributed by atoms with Crippen molar-refractivity contribution in [2.75, 3.05) is 6.54 Å². The molecule has 2 aromatic rings. The van der Waals surface area contributed by atoms with Crippen LogP contribution in [0.1, 0.15) is 22.5 Å². The summed E-state index contributed by atoms with van der Waals surface area (Å²) in [7, 11) is 0. The van der Waals surface area contributed by atoms with Crippen LogP contribution in [-0.4, -0.2) is 32.9 Å². The third kappa shape index (κ3) is 3.93. The Morgan fingerprint density at radius 2 is 1.80 bits per heavy atom. The molecule has 2 amide bonds. The summed E-state index contributed by atoms with van der Waals surface area (Å²) in [6, 6.07) is 6.54. The molecule has 0 radical (unpaired) electrons. The molecular weight excluding hydrogens is 415 g/mol. The van der Waals surface area contributed by atoms with Gasteiger partial charge < -0.3 is 4.57 Å². The van der Waals surface area contributed by atoms with Crippen LogP contribution < -0.4 is 5.32 Å². The summed E-state index contributed by atoms with van der Waals surface area (Å²) < 4.78 is 40.2. The van der Waals surface area contributed by atoms with E-state index >= 15 is 0 Å². The number of hydrogen-bond donors (Lipinski definition) is 1. The first kappa shape index (κ1) is 21.5. The minimum atomic E-state index is -4.42. The minimum Gasteiger partial charge on any atom is -0.318 e. The van der Waals surface area contributed by atoms with Gasteiger partial charge in [-0.05, 0) is 68.0 Å². The largest absolute Gasteiger partial charge is 0.416 e. The van der Waals surface area contributed by atoms with Gasteiger partial charge in [0.25, 0.3) is 11.8 Å². The molecule has 0 saturated carbocycles. The van der Waals surface area contributed by atoms with E-state index in [0.29, 0.717) is 16.9 Å². The number of hydrogen-bond acceptors (Lipinski definition) is 3. The number of amides is 2. The van der Waals surface area contributed by atoms with E-state index < -0.39 is 23.6 Å². The average molecular weight is 433 g/mol. The Bertz CT molecular complexity index is 1080. The predicted octanol–water partition coefficient (Wildman–Crippen LogP) is 3.93. The number of nitrogens with one attached hydrogen (secondary N) is 1. The third-order valence-corrected chi connectivity index (χ3v) is 5.04. The monoisotopic (exact) mass is 433 g/mol. The molecule has 3 rings (SSSR count). The van der Waals surface area contributed by atoms with Crippen molar-refractivity contribution < 1.29 is 22.8 Å². The van der Waals surface area contributed by atoms with Gasteiger partial charge >= 0.3 is 6.18 Å². The molecule has 1 N–H and O–H groups in total. The molecule has 0 spiro atoms. The number of thiocarbonyl (C=S) groups is 1. The van der Waals surface area contributed by atoms with E-state index in [1.807, 2.05) is 0 Å². The van der Waals surface area contributed by atoms with E-state index in [1.165, 1.54) is 29.2 Å². The van der Waals surface area contributed by atoms with Gasteiger partial charge in [0.2, 0.25) is 0 Å². The highest BCUT2D eigenvalue weighted by atomic mass is 32.1. The smallest absolute Gasteiger partial charge is 0.318 e. The molecule has 1 aromatic heterocycles. The lowest BCUT2D eigenvalue weighted by atomic mass is 10.1. The fraction of sp³-hybridized carbons (Fsp3) is 0.190. The Balaban J connectivity index is 2.01. The van der Waals surface area contributed by atoms with Gasteiger partial charge in [-0.25, -0.2) is 0 Å². The van der Waals surface area contributed by atoms with Crippen LogP contribution >= 0.6 is 12.2 Å². The number of halogens is 3. The number of carbonyl (C=O) groups excluding carboxylic acids is 2. The molecule has 0 unspecified atom stereocenters. The van der Waals surface area contributed by atoms with E-state index in [0.717, 1.165) is 17.8 Å². The van der Waals surface area contributed by atoms with Crippen LogP contribution in [0.15, 0.2) is 48.6 Å². The van der Waals surface area contributed by atoms with Crippen molar-refractivity contribution in [3.05, 3.63) is 71.1 Å². The first-order valence-electron chi connectivity index (χ1n) is 8.91. The predicted molar refractivity (Wildman–Crippen MR) is 111 cm³/mol. The van der Waals surface area contributed by atoms with Crippen LogP contribution in [0.2, 0.25) is 0 Å². The van der Waals surface area contributed by atoms with Crippen molar-refractivity contribution in [1.29, 1.82) is 0 Å². The van der Waals surface area contributed by atoms with Gasteiger partial charge in [-0.2, -0.15) is 13.2 Å². The molecule has 30 heavy (non-hydrogen) atoms. The van der Waals surface area contributed by atoms with Crippen molar-refractivity contribution in [2.45, 2.75) is 20.0 Å². The molecule has 5 nitrogen and oxygen atoms in total. The highest BCUT2D eigenvalue weighted by Crippen LogP contribution is 2.31. The molecule has 0 aliphatic carbocycles. The minimum absolute atomic E-state index is 0.0114. The summed E-state index contributed by atoms with van der Waals surface area (Å²) >= 11 is 5.03. The molecule has 1 fully saturated rings. The molecule has 1 aromatic carbocycles. The van der Waals surface area contributed by atoms with E-state index in [9.17, 15) is 22.8 Å². The first-order valence-corrected chi connectivity index (χ1v) is 9.31. The van der Waals surface area contributed by atoms with Crippen LogP contribution in [0.25, 0.3) is 11.8 Å². The Morgan fingerprint density at radius 3 is 2.37 bits per heavy atom. The highest BCUT2D eigenvalue weighted by Gasteiger charge is 2.33. The summed E-state index contributed by atoms with van der Waals surface area (Å²) in [5, 5.41) is 2.49. The Labute approximate surface area is 176 Å². The highest BCUT2D eigenvalue weighted by molar-refractivity contribution is 7.80. The van der Waals surface area contributed by atoms with Crippen molar-refractivity contribution >= 4 is 35.2 Å². The van der Waals surface area contributed by atoms with Gasteiger partial charge in [0.05, 0.1) is 5.56 Å². The van der Waals surface area contributed by atoms with Crippen molar-refractivity contribution in [3.63, 3.8) is 0 Å². The lowest BCUT2D eigenvalue weighted by molar-refractivity contribution is -0.137. The van der Waals surface area contributed by atoms with Crippen molar-refractivity contribution in [3.8, 4) is 5.69 Å². The Morgan fingerprint density at radius 1 is 1.17 bits per heavy atom. The Kier molecular flexibility index (Phi) is 5.67. The van der Waals surface area contributed by atoms with E-state index in [1.54, 1.807) is 24.5 Å². The number of alkyl halides is 3. The third-order valence-electron chi connectivity index (χ3n) is 4.72. The van der Waals surface area contributed by atoms with Crippen LogP contribution in [0.4, 0.5) is 13.2 Å². The molecule has 1 saturated heterocycles. The normalized spacial score (nSPS) is 16.2. The van der Waals surface area contributed by atoms with E-state index in [-0.39, 0.29) is 17.2 Å². The molecule has 0 atom stereocenters. The number of aromatic nitrogens is 1. The van der Waals surface area contributed by atoms with Crippen LogP contribution in [-0.2, 0) is 15.8 Å². The molecule has 0 bridgehead atoms. The standard InChI is InChI=1S/C21H18F3N3O2S/c1-4-9-26-19(29)17(18(28)25-20(26)30)11-14-10-12(2)27(13(14)3)16-7-5-15(6-8-16)21(22,23)24/h4-8,10-11H,1,9H2,2-3H3,(H,25,28,30). The summed E-state index contributed by atoms with van der Waals surface area (Å²) in [5.74, 6) is -1.15. The zero-order valence-electron chi connectivity index (χ0n) is 16.2. The van der Waals surface area contributed by atoms with Crippen LogP contribution in [0, 0.1) is 13.8 Å². The number of benzene rings is 1. The summed E-state index contributed by atoms with van der Waals surface area (Å²) in [6.45, 7) is 7.27. The lowest BCUT2D eigenvalue weighted by Gasteiger charge is -2.27. The van der Waals surface area contributed by atoms with Crippen LogP contribution in [0.5, 0.6) is 0 Å². The number of carbonyl (C=O) groups is 2. The second-order valence-electron chi connectivity index (χ2n) is 6.73. The number of nitrogens with zero attached hydrogens (tertiary/aromatic N) is 2. The fourth-order valence-electron chi connectivity index (χ4n) is 3.27. The maximum absolute atomic E-state index is 12.8. The second-order valence-corrected chi connectivity index (χ2v) is 7.11. The SMILES string of the molecule is C=CCN1C(=O)C(=Cc2cc(C)n(-c3ccc(C(F)(F)F)cc3)c2C)C(=O)NC1=S.